The number of nitrogens with two attached hydrogens (primary N) is 1. The molecule has 1 aromatic heterocycles. The van der Waals surface area contributed by atoms with Gasteiger partial charge in [-0.05, 0) is 25.7 Å². The Hall–Kier alpha value is -2.58. The number of primary amides is 1. The van der Waals surface area contributed by atoms with Crippen LogP contribution in [0.15, 0.2) is 6.20 Å². The predicted octanol–water partition coefficient (Wildman–Crippen LogP) is 1.41. The molecular weight excluding hydrogens is 302 g/mol. The molecule has 9 heteroatoms. The van der Waals surface area contributed by atoms with Crippen LogP contribution >= 0.6 is 0 Å². The van der Waals surface area contributed by atoms with E-state index < -0.39 is 11.0 Å². The summed E-state index contributed by atoms with van der Waals surface area (Å²) >= 11 is 0. The number of carbonyl (C=O) groups excluding carboxylic acids is 1. The lowest BCUT2D eigenvalue weighted by atomic mass is 10.0. The normalized spacial score (nSPS) is 20.3. The van der Waals surface area contributed by atoms with E-state index in [0.29, 0.717) is 31.0 Å². The van der Waals surface area contributed by atoms with Gasteiger partial charge in [-0.1, -0.05) is 0 Å². The monoisotopic (exact) mass is 321 g/mol. The van der Waals surface area contributed by atoms with Crippen LogP contribution in [-0.2, 0) is 11.2 Å². The van der Waals surface area contributed by atoms with E-state index in [1.807, 2.05) is 4.90 Å². The smallest absolute Gasteiger partial charge is 0.404 e. The first-order valence-corrected chi connectivity index (χ1v) is 7.67. The average molecular weight is 321 g/mol. The molecule has 2 aliphatic heterocycles. The molecule has 1 aromatic rings. The molecule has 9 nitrogen and oxygen atoms in total. The maximum atomic E-state index is 11.4. The molecule has 3 heterocycles. The number of carbonyl (C=O) groups is 1. The lowest BCUT2D eigenvalue weighted by Gasteiger charge is -2.35. The Balaban J connectivity index is 1.96. The molecule has 0 saturated carbocycles. The van der Waals surface area contributed by atoms with Crippen molar-refractivity contribution in [1.29, 1.82) is 0 Å². The van der Waals surface area contributed by atoms with E-state index in [4.69, 9.17) is 10.5 Å². The predicted molar refractivity (Wildman–Crippen MR) is 83.6 cm³/mol. The van der Waals surface area contributed by atoms with Crippen molar-refractivity contribution in [2.24, 2.45) is 5.73 Å². The number of hydrogen-bond acceptors (Lipinski definition) is 7. The lowest BCUT2D eigenvalue weighted by molar-refractivity contribution is -0.384. The molecule has 0 aliphatic carbocycles. The number of nitro groups is 1. The van der Waals surface area contributed by atoms with Crippen LogP contribution < -0.4 is 16.0 Å². The van der Waals surface area contributed by atoms with Gasteiger partial charge in [-0.25, -0.2) is 9.78 Å². The standard InChI is InChI=1S/C14H19N5O4/c15-14(20)23-9-3-2-6-18(8-9)12-10-4-1-5-16-13(10)17-7-11(12)19(21)22/h7,9H,1-6,8H2,(H2,15,20)(H,16,17)/t9-/m0/s1. The van der Waals surface area contributed by atoms with Crippen LogP contribution in [-0.4, -0.2) is 41.7 Å². The fourth-order valence-corrected chi connectivity index (χ4v) is 3.28. The molecule has 2 aliphatic rings. The molecule has 1 fully saturated rings. The van der Waals surface area contributed by atoms with Crippen LogP contribution in [0, 0.1) is 10.1 Å². The van der Waals surface area contributed by atoms with Gasteiger partial charge in [0.05, 0.1) is 11.5 Å². The summed E-state index contributed by atoms with van der Waals surface area (Å²) in [4.78, 5) is 28.1. The van der Waals surface area contributed by atoms with Gasteiger partial charge in [-0.2, -0.15) is 0 Å². The Bertz CT molecular complexity index is 636. The van der Waals surface area contributed by atoms with Crippen LogP contribution in [0.1, 0.15) is 24.8 Å². The van der Waals surface area contributed by atoms with Crippen LogP contribution in [0.25, 0.3) is 0 Å². The summed E-state index contributed by atoms with van der Waals surface area (Å²) in [5.41, 5.74) is 6.54. The van der Waals surface area contributed by atoms with Gasteiger partial charge in [-0.15, -0.1) is 0 Å². The van der Waals surface area contributed by atoms with E-state index >= 15 is 0 Å². The summed E-state index contributed by atoms with van der Waals surface area (Å²) in [5.74, 6) is 0.704. The minimum absolute atomic E-state index is 0.00725. The highest BCUT2D eigenvalue weighted by Crippen LogP contribution is 2.38. The van der Waals surface area contributed by atoms with E-state index in [0.717, 1.165) is 31.4 Å². The minimum atomic E-state index is -0.815. The number of amides is 1. The summed E-state index contributed by atoms with van der Waals surface area (Å²) in [7, 11) is 0. The van der Waals surface area contributed by atoms with Crippen molar-refractivity contribution >= 4 is 23.3 Å². The molecule has 0 radical (unpaired) electrons. The second-order valence-electron chi connectivity index (χ2n) is 5.75. The van der Waals surface area contributed by atoms with Crippen molar-refractivity contribution < 1.29 is 14.5 Å². The zero-order valence-electron chi connectivity index (χ0n) is 12.7. The molecule has 1 amide bonds. The molecule has 1 atom stereocenters. The molecule has 0 bridgehead atoms. The maximum Gasteiger partial charge on any atom is 0.404 e. The van der Waals surface area contributed by atoms with Crippen LogP contribution in [0.3, 0.4) is 0 Å². The second kappa shape index (κ2) is 6.27. The molecule has 1 saturated heterocycles. The Labute approximate surface area is 133 Å². The SMILES string of the molecule is NC(=O)O[C@H]1CCCN(c2c([N+](=O)[O-])cnc3c2CCCN3)C1. The van der Waals surface area contributed by atoms with Gasteiger partial charge < -0.3 is 20.7 Å². The number of aromatic nitrogens is 1. The highest BCUT2D eigenvalue weighted by molar-refractivity contribution is 5.74. The molecular formula is C14H19N5O4. The first kappa shape index (κ1) is 15.3. The zero-order valence-corrected chi connectivity index (χ0v) is 12.7. The first-order valence-electron chi connectivity index (χ1n) is 7.67. The topological polar surface area (TPSA) is 124 Å². The lowest BCUT2D eigenvalue weighted by Crippen LogP contribution is -2.42. The number of ether oxygens (including phenoxy) is 1. The number of piperidine rings is 1. The highest BCUT2D eigenvalue weighted by Gasteiger charge is 2.31. The van der Waals surface area contributed by atoms with Gasteiger partial charge in [0, 0.05) is 18.7 Å². The van der Waals surface area contributed by atoms with Gasteiger partial charge >= 0.3 is 11.8 Å². The fraction of sp³-hybridized carbons (Fsp3) is 0.571. The number of fused-ring (bicyclic) bond motifs is 1. The first-order chi connectivity index (χ1) is 11.1. The molecule has 0 aromatic carbocycles. The zero-order chi connectivity index (χ0) is 16.4. The summed E-state index contributed by atoms with van der Waals surface area (Å²) < 4.78 is 5.08. The third-order valence-electron chi connectivity index (χ3n) is 4.20. The summed E-state index contributed by atoms with van der Waals surface area (Å²) in [6.45, 7) is 1.89. The van der Waals surface area contributed by atoms with E-state index in [1.54, 1.807) is 0 Å². The number of nitrogens with zero attached hydrogens (tertiary/aromatic N) is 3. The Morgan fingerprint density at radius 2 is 2.35 bits per heavy atom. The van der Waals surface area contributed by atoms with E-state index in [1.165, 1.54) is 6.20 Å². The summed E-state index contributed by atoms with van der Waals surface area (Å²) in [6.07, 6.45) is 3.26. The van der Waals surface area contributed by atoms with Crippen molar-refractivity contribution in [3.05, 3.63) is 21.9 Å². The largest absolute Gasteiger partial charge is 0.445 e. The molecule has 3 N–H and O–H groups in total. The molecule has 23 heavy (non-hydrogen) atoms. The third-order valence-corrected chi connectivity index (χ3v) is 4.20. The van der Waals surface area contributed by atoms with Gasteiger partial charge in [0.1, 0.15) is 23.8 Å². The molecule has 0 spiro atoms. The maximum absolute atomic E-state index is 11.4. The highest BCUT2D eigenvalue weighted by atomic mass is 16.6. The van der Waals surface area contributed by atoms with Crippen molar-refractivity contribution in [3.63, 3.8) is 0 Å². The van der Waals surface area contributed by atoms with Gasteiger partial charge in [0.25, 0.3) is 0 Å². The molecule has 124 valence electrons. The van der Waals surface area contributed by atoms with Crippen LogP contribution in [0.4, 0.5) is 22.0 Å². The van der Waals surface area contributed by atoms with Crippen LogP contribution in [0.2, 0.25) is 0 Å². The summed E-state index contributed by atoms with van der Waals surface area (Å²) in [5, 5.41) is 14.6. The van der Waals surface area contributed by atoms with E-state index in [-0.39, 0.29) is 11.8 Å². The van der Waals surface area contributed by atoms with Crippen molar-refractivity contribution in [1.82, 2.24) is 4.98 Å². The number of hydrogen-bond donors (Lipinski definition) is 2. The van der Waals surface area contributed by atoms with Gasteiger partial charge in [-0.3, -0.25) is 10.1 Å². The van der Waals surface area contributed by atoms with E-state index in [2.05, 4.69) is 10.3 Å². The van der Waals surface area contributed by atoms with E-state index in [9.17, 15) is 14.9 Å². The summed E-state index contributed by atoms with van der Waals surface area (Å²) in [6, 6.07) is 0. The third kappa shape index (κ3) is 3.13. The van der Waals surface area contributed by atoms with Crippen molar-refractivity contribution in [2.45, 2.75) is 31.8 Å². The quantitative estimate of drug-likeness (QED) is 0.637. The Kier molecular flexibility index (Phi) is 4.18. The Morgan fingerprint density at radius 1 is 1.52 bits per heavy atom. The van der Waals surface area contributed by atoms with Crippen molar-refractivity contribution in [3.8, 4) is 0 Å². The van der Waals surface area contributed by atoms with Crippen LogP contribution in [0.5, 0.6) is 0 Å². The second-order valence-corrected chi connectivity index (χ2v) is 5.75. The Morgan fingerprint density at radius 3 is 3.09 bits per heavy atom. The molecule has 3 rings (SSSR count). The minimum Gasteiger partial charge on any atom is -0.445 e. The number of nitrogens with one attached hydrogen (secondary N) is 1. The average Bonchev–Trinajstić information content (AvgIpc) is 2.53. The van der Waals surface area contributed by atoms with Crippen molar-refractivity contribution in [2.75, 3.05) is 29.9 Å². The number of rotatable bonds is 3. The number of anilines is 2. The molecule has 0 unspecified atom stereocenters. The fourth-order valence-electron chi connectivity index (χ4n) is 3.28. The van der Waals surface area contributed by atoms with Gasteiger partial charge in [0.2, 0.25) is 0 Å². The van der Waals surface area contributed by atoms with Gasteiger partial charge in [0.15, 0.2) is 0 Å². The number of pyridine rings is 1.